The first kappa shape index (κ1) is 28.3. The van der Waals surface area contributed by atoms with E-state index in [1.807, 2.05) is 41.8 Å². The number of carbonyl (C=O) groups is 2. The number of carbonyl (C=O) groups excluding carboxylic acids is 2. The van der Waals surface area contributed by atoms with Crippen LogP contribution in [0.5, 0.6) is 0 Å². The van der Waals surface area contributed by atoms with Gasteiger partial charge in [0.2, 0.25) is 0 Å². The molecule has 4 aromatic heterocycles. The fourth-order valence-electron chi connectivity index (χ4n) is 5.34. The van der Waals surface area contributed by atoms with Crippen molar-refractivity contribution in [3.63, 3.8) is 0 Å². The topological polar surface area (TPSA) is 142 Å². The van der Waals surface area contributed by atoms with Crippen LogP contribution in [-0.4, -0.2) is 40.9 Å². The number of fused-ring (bicyclic) bond motifs is 1. The SMILES string of the molecule is CCn1c(-c2ccc(-c3c(C)on(C)c3=O)cc2)cc2nc(C)nc(C(=O)Nc3cccc(C(=O)Nc4ccn(C)n4)c3)c21. The van der Waals surface area contributed by atoms with Crippen molar-refractivity contribution < 1.29 is 14.1 Å². The maximum atomic E-state index is 13.7. The third-order valence-electron chi connectivity index (χ3n) is 7.32. The summed E-state index contributed by atoms with van der Waals surface area (Å²) < 4.78 is 10.3. The van der Waals surface area contributed by atoms with Crippen molar-refractivity contribution in [3.05, 3.63) is 100 Å². The summed E-state index contributed by atoms with van der Waals surface area (Å²) in [6.07, 6.45) is 1.73. The molecule has 0 fully saturated rings. The van der Waals surface area contributed by atoms with E-state index in [1.165, 1.54) is 4.74 Å². The number of aryl methyl sites for hydroxylation is 5. The Hall–Kier alpha value is -5.78. The highest BCUT2D eigenvalue weighted by Gasteiger charge is 2.22. The fourth-order valence-corrected chi connectivity index (χ4v) is 5.34. The lowest BCUT2D eigenvalue weighted by molar-refractivity contribution is 0.101. The molecule has 6 rings (SSSR count). The van der Waals surface area contributed by atoms with Crippen LogP contribution >= 0.6 is 0 Å². The van der Waals surface area contributed by atoms with Gasteiger partial charge in [-0.05, 0) is 56.2 Å². The monoisotopic (exact) mass is 590 g/mol. The number of benzene rings is 2. The second-order valence-electron chi connectivity index (χ2n) is 10.4. The summed E-state index contributed by atoms with van der Waals surface area (Å²) in [4.78, 5) is 48.1. The minimum absolute atomic E-state index is 0.196. The van der Waals surface area contributed by atoms with E-state index in [2.05, 4.69) is 25.7 Å². The first-order valence-electron chi connectivity index (χ1n) is 14.0. The lowest BCUT2D eigenvalue weighted by Gasteiger charge is -2.12. The first-order chi connectivity index (χ1) is 21.1. The Morgan fingerprint density at radius 1 is 0.909 bits per heavy atom. The number of aromatic nitrogens is 6. The number of rotatable bonds is 7. The van der Waals surface area contributed by atoms with Gasteiger partial charge in [-0.2, -0.15) is 9.84 Å². The molecule has 0 radical (unpaired) electrons. The lowest BCUT2D eigenvalue weighted by atomic mass is 10.0. The van der Waals surface area contributed by atoms with Crippen LogP contribution in [0.2, 0.25) is 0 Å². The molecule has 2 N–H and O–H groups in total. The standard InChI is InChI=1S/C32H30N8O4/c1-6-40-25(20-10-12-21(13-11-20)27-18(2)44-39(5)32(27)43)17-24-29(40)28(34-19(3)33-24)31(42)35-23-9-7-8-22(16-23)30(41)36-26-14-15-38(4)37-26/h7-17H,6H2,1-5H3,(H,35,42)(H,36,37,41). The number of nitrogens with zero attached hydrogens (tertiary/aromatic N) is 6. The van der Waals surface area contributed by atoms with Crippen LogP contribution in [-0.2, 0) is 20.6 Å². The average molecular weight is 591 g/mol. The zero-order valence-corrected chi connectivity index (χ0v) is 24.9. The van der Waals surface area contributed by atoms with E-state index >= 15 is 0 Å². The second kappa shape index (κ2) is 11.1. The van der Waals surface area contributed by atoms with Gasteiger partial charge in [0, 0.05) is 44.2 Å². The molecule has 44 heavy (non-hydrogen) atoms. The van der Waals surface area contributed by atoms with Crippen LogP contribution in [0.25, 0.3) is 33.4 Å². The number of hydrogen-bond donors (Lipinski definition) is 2. The highest BCUT2D eigenvalue weighted by molar-refractivity contribution is 6.11. The Kier molecular flexibility index (Phi) is 7.17. The summed E-state index contributed by atoms with van der Waals surface area (Å²) in [5.41, 5.74) is 5.08. The van der Waals surface area contributed by atoms with E-state index in [0.29, 0.717) is 51.8 Å². The van der Waals surface area contributed by atoms with Gasteiger partial charge in [0.1, 0.15) is 11.6 Å². The summed E-state index contributed by atoms with van der Waals surface area (Å²) in [7, 11) is 3.35. The van der Waals surface area contributed by atoms with Gasteiger partial charge in [-0.15, -0.1) is 0 Å². The Morgan fingerprint density at radius 2 is 1.66 bits per heavy atom. The van der Waals surface area contributed by atoms with Gasteiger partial charge in [0.25, 0.3) is 17.4 Å². The first-order valence-corrected chi connectivity index (χ1v) is 14.0. The van der Waals surface area contributed by atoms with Gasteiger partial charge < -0.3 is 19.7 Å². The second-order valence-corrected chi connectivity index (χ2v) is 10.4. The molecule has 0 aliphatic rings. The van der Waals surface area contributed by atoms with Crippen molar-refractivity contribution in [1.29, 1.82) is 0 Å². The van der Waals surface area contributed by atoms with Crippen LogP contribution in [0.15, 0.2) is 76.2 Å². The molecule has 0 saturated carbocycles. The molecular formula is C32H30N8O4. The quantitative estimate of drug-likeness (QED) is 0.268. The van der Waals surface area contributed by atoms with E-state index < -0.39 is 5.91 Å². The van der Waals surface area contributed by atoms with Crippen molar-refractivity contribution >= 4 is 34.4 Å². The van der Waals surface area contributed by atoms with Crippen molar-refractivity contribution in [1.82, 2.24) is 29.1 Å². The van der Waals surface area contributed by atoms with Gasteiger partial charge in [-0.3, -0.25) is 19.1 Å². The Balaban J connectivity index is 1.32. The molecule has 0 aliphatic heterocycles. The molecule has 0 spiro atoms. The minimum Gasteiger partial charge on any atom is -0.381 e. The molecule has 0 atom stereocenters. The molecule has 12 nitrogen and oxygen atoms in total. The van der Waals surface area contributed by atoms with Gasteiger partial charge >= 0.3 is 0 Å². The van der Waals surface area contributed by atoms with E-state index in [1.54, 1.807) is 69.2 Å². The van der Waals surface area contributed by atoms with Crippen LogP contribution < -0.4 is 16.2 Å². The summed E-state index contributed by atoms with van der Waals surface area (Å²) in [5, 5.41) is 9.81. The number of amides is 2. The molecule has 0 bridgehead atoms. The Bertz CT molecular complexity index is 2110. The lowest BCUT2D eigenvalue weighted by Crippen LogP contribution is -2.18. The zero-order valence-electron chi connectivity index (χ0n) is 24.9. The molecule has 0 unspecified atom stereocenters. The summed E-state index contributed by atoms with van der Waals surface area (Å²) >= 11 is 0. The fraction of sp³-hybridized carbons (Fsp3) is 0.188. The molecule has 0 aliphatic carbocycles. The molecule has 4 heterocycles. The number of nitrogens with one attached hydrogen (secondary N) is 2. The number of hydrogen-bond acceptors (Lipinski definition) is 7. The van der Waals surface area contributed by atoms with Gasteiger partial charge in [-0.1, -0.05) is 30.3 Å². The molecular weight excluding hydrogens is 560 g/mol. The highest BCUT2D eigenvalue weighted by atomic mass is 16.5. The summed E-state index contributed by atoms with van der Waals surface area (Å²) in [5.74, 6) is 0.654. The van der Waals surface area contributed by atoms with Gasteiger partial charge in [0.05, 0.1) is 22.3 Å². The minimum atomic E-state index is -0.427. The van der Waals surface area contributed by atoms with Crippen molar-refractivity contribution in [2.24, 2.45) is 14.1 Å². The zero-order chi connectivity index (χ0) is 31.1. The normalized spacial score (nSPS) is 11.2. The van der Waals surface area contributed by atoms with Crippen molar-refractivity contribution in [2.75, 3.05) is 10.6 Å². The van der Waals surface area contributed by atoms with E-state index in [4.69, 9.17) is 4.52 Å². The van der Waals surface area contributed by atoms with Gasteiger partial charge in [-0.25, -0.2) is 9.97 Å². The van der Waals surface area contributed by atoms with E-state index in [-0.39, 0.29) is 17.2 Å². The van der Waals surface area contributed by atoms with Crippen LogP contribution in [0.4, 0.5) is 11.5 Å². The summed E-state index contributed by atoms with van der Waals surface area (Å²) in [6, 6.07) is 17.9. The predicted octanol–water partition coefficient (Wildman–Crippen LogP) is 4.93. The van der Waals surface area contributed by atoms with Crippen molar-refractivity contribution in [3.8, 4) is 22.4 Å². The third kappa shape index (κ3) is 5.17. The predicted molar refractivity (Wildman–Crippen MR) is 167 cm³/mol. The highest BCUT2D eigenvalue weighted by Crippen LogP contribution is 2.31. The molecule has 2 amide bonds. The third-order valence-corrected chi connectivity index (χ3v) is 7.32. The van der Waals surface area contributed by atoms with Crippen LogP contribution in [0, 0.1) is 13.8 Å². The van der Waals surface area contributed by atoms with Crippen LogP contribution in [0.1, 0.15) is 39.4 Å². The van der Waals surface area contributed by atoms with Gasteiger partial charge in [0.15, 0.2) is 11.5 Å². The molecule has 12 heteroatoms. The van der Waals surface area contributed by atoms with E-state index in [9.17, 15) is 14.4 Å². The summed E-state index contributed by atoms with van der Waals surface area (Å²) in [6.45, 7) is 6.05. The van der Waals surface area contributed by atoms with Crippen LogP contribution in [0.3, 0.4) is 0 Å². The molecule has 0 saturated heterocycles. The average Bonchev–Trinajstić information content (AvgIpc) is 3.66. The maximum absolute atomic E-state index is 13.7. The van der Waals surface area contributed by atoms with E-state index in [0.717, 1.165) is 16.8 Å². The van der Waals surface area contributed by atoms with Crippen molar-refractivity contribution in [2.45, 2.75) is 27.3 Å². The Labute approximate surface area is 251 Å². The molecule has 2 aromatic carbocycles. The number of anilines is 2. The smallest absolute Gasteiger partial charge is 0.290 e. The molecule has 222 valence electrons. The molecule has 6 aromatic rings. The maximum Gasteiger partial charge on any atom is 0.290 e. The largest absolute Gasteiger partial charge is 0.381 e. The Morgan fingerprint density at radius 3 is 2.32 bits per heavy atom.